The quantitative estimate of drug-likeness (QED) is 0.438. The standard InChI is InChI=1S/C26H38N2O3.C2H7N.2ClH/c1-18-25(30-17-21-2-3-21)11-9-23-24(27-31-26(18)23)10-6-19-12-14-28(15-13-19)16-20-4-7-22(29)8-5-20;1-3-2;;/h9,11,19-22,29H,2-8,10,12-17H2,1H3;3H,1-2H3;2*1H. The van der Waals surface area contributed by atoms with Crippen LogP contribution < -0.4 is 10.1 Å². The van der Waals surface area contributed by atoms with E-state index in [1.807, 2.05) is 14.1 Å². The third-order valence-electron chi connectivity index (χ3n) is 7.91. The van der Waals surface area contributed by atoms with Crippen molar-refractivity contribution < 1.29 is 14.4 Å². The molecule has 0 amide bonds. The molecule has 5 rings (SSSR count). The summed E-state index contributed by atoms with van der Waals surface area (Å²) in [6.45, 7) is 6.60. The molecular weight excluding hydrogens is 497 g/mol. The summed E-state index contributed by atoms with van der Waals surface area (Å²) in [4.78, 5) is 2.66. The molecular formula is C28H47Cl2N3O3. The van der Waals surface area contributed by atoms with Crippen molar-refractivity contribution in [3.63, 3.8) is 0 Å². The second-order valence-electron chi connectivity index (χ2n) is 10.9. The highest BCUT2D eigenvalue weighted by atomic mass is 35.5. The van der Waals surface area contributed by atoms with Crippen LogP contribution in [0.1, 0.15) is 69.0 Å². The Balaban J connectivity index is 0.000000871. The zero-order valence-electron chi connectivity index (χ0n) is 22.3. The summed E-state index contributed by atoms with van der Waals surface area (Å²) in [5.41, 5.74) is 3.09. The van der Waals surface area contributed by atoms with E-state index in [-0.39, 0.29) is 30.9 Å². The summed E-state index contributed by atoms with van der Waals surface area (Å²) < 4.78 is 11.7. The van der Waals surface area contributed by atoms with Crippen LogP contribution in [0.3, 0.4) is 0 Å². The van der Waals surface area contributed by atoms with Gasteiger partial charge in [0.05, 0.1) is 18.4 Å². The maximum Gasteiger partial charge on any atom is 0.173 e. The minimum absolute atomic E-state index is 0. The van der Waals surface area contributed by atoms with Gasteiger partial charge in [0, 0.05) is 17.5 Å². The van der Waals surface area contributed by atoms with Crippen molar-refractivity contribution in [2.45, 2.75) is 77.2 Å². The molecule has 36 heavy (non-hydrogen) atoms. The molecule has 2 saturated carbocycles. The fourth-order valence-electron chi connectivity index (χ4n) is 5.49. The molecule has 3 fully saturated rings. The van der Waals surface area contributed by atoms with Crippen LogP contribution in [0.5, 0.6) is 5.75 Å². The summed E-state index contributed by atoms with van der Waals surface area (Å²) in [6, 6.07) is 4.24. The number of nitrogens with one attached hydrogen (secondary N) is 1. The van der Waals surface area contributed by atoms with Crippen molar-refractivity contribution >= 4 is 35.8 Å². The SMILES string of the molecule is CNC.Cc1c(OCC2CC2)ccc2c(CCC3CCN(CC4CCC(O)CC4)CC3)noc12.Cl.Cl. The summed E-state index contributed by atoms with van der Waals surface area (Å²) in [5, 5.41) is 18.1. The second-order valence-corrected chi connectivity index (χ2v) is 10.9. The number of aliphatic hydroxyl groups is 1. The lowest BCUT2D eigenvalue weighted by Gasteiger charge is -2.36. The Hall–Kier alpha value is -1.05. The first kappa shape index (κ1) is 31.2. The van der Waals surface area contributed by atoms with Crippen LogP contribution in [-0.2, 0) is 6.42 Å². The number of likely N-dealkylation sites (tertiary alicyclic amines) is 1. The lowest BCUT2D eigenvalue weighted by molar-refractivity contribution is 0.0842. The molecule has 3 aliphatic rings. The van der Waals surface area contributed by atoms with E-state index in [0.717, 1.165) is 71.6 Å². The predicted molar refractivity (Wildman–Crippen MR) is 152 cm³/mol. The summed E-state index contributed by atoms with van der Waals surface area (Å²) in [5.74, 6) is 3.28. The van der Waals surface area contributed by atoms with E-state index in [9.17, 15) is 5.11 Å². The fourth-order valence-corrected chi connectivity index (χ4v) is 5.49. The van der Waals surface area contributed by atoms with Crippen molar-refractivity contribution in [2.24, 2.45) is 17.8 Å². The first-order valence-corrected chi connectivity index (χ1v) is 13.6. The van der Waals surface area contributed by atoms with Gasteiger partial charge in [0.2, 0.25) is 0 Å². The number of nitrogens with zero attached hydrogens (tertiary/aromatic N) is 2. The number of benzene rings is 1. The van der Waals surface area contributed by atoms with Crippen molar-refractivity contribution in [1.29, 1.82) is 0 Å². The maximum atomic E-state index is 9.71. The zero-order chi connectivity index (χ0) is 23.9. The van der Waals surface area contributed by atoms with Crippen LogP contribution in [-0.4, -0.2) is 61.6 Å². The number of hydrogen-bond acceptors (Lipinski definition) is 6. The summed E-state index contributed by atoms with van der Waals surface area (Å²) in [7, 11) is 3.75. The first-order chi connectivity index (χ1) is 16.6. The number of halogens is 2. The Kier molecular flexibility index (Phi) is 13.3. The number of aliphatic hydroxyl groups excluding tert-OH is 1. The highest BCUT2D eigenvalue weighted by molar-refractivity contribution is 5.86. The molecule has 1 aromatic carbocycles. The lowest BCUT2D eigenvalue weighted by Crippen LogP contribution is -2.38. The molecule has 2 aromatic rings. The van der Waals surface area contributed by atoms with Crippen LogP contribution in [0.2, 0.25) is 0 Å². The first-order valence-electron chi connectivity index (χ1n) is 13.6. The molecule has 0 unspecified atom stereocenters. The molecule has 2 N–H and O–H groups in total. The van der Waals surface area contributed by atoms with Gasteiger partial charge in [0.25, 0.3) is 0 Å². The Morgan fingerprint density at radius 2 is 1.61 bits per heavy atom. The highest BCUT2D eigenvalue weighted by Gasteiger charge is 2.26. The van der Waals surface area contributed by atoms with E-state index in [1.165, 1.54) is 64.6 Å². The van der Waals surface area contributed by atoms with Gasteiger partial charge in [0.1, 0.15) is 5.75 Å². The van der Waals surface area contributed by atoms with E-state index >= 15 is 0 Å². The smallest absolute Gasteiger partial charge is 0.173 e. The van der Waals surface area contributed by atoms with Gasteiger partial charge in [-0.1, -0.05) is 5.16 Å². The molecule has 1 aromatic heterocycles. The van der Waals surface area contributed by atoms with Crippen molar-refractivity contribution in [3.05, 3.63) is 23.4 Å². The molecule has 0 radical (unpaired) electrons. The van der Waals surface area contributed by atoms with Gasteiger partial charge in [-0.2, -0.15) is 0 Å². The van der Waals surface area contributed by atoms with Gasteiger partial charge in [-0.15, -0.1) is 24.8 Å². The molecule has 1 aliphatic heterocycles. The van der Waals surface area contributed by atoms with E-state index in [1.54, 1.807) is 0 Å². The van der Waals surface area contributed by atoms with Crippen LogP contribution in [0, 0.1) is 24.7 Å². The molecule has 206 valence electrons. The number of hydrogen-bond donors (Lipinski definition) is 2. The van der Waals surface area contributed by atoms with E-state index in [4.69, 9.17) is 9.26 Å². The van der Waals surface area contributed by atoms with Crippen LogP contribution >= 0.6 is 24.8 Å². The third kappa shape index (κ3) is 8.76. The Labute approximate surface area is 229 Å². The summed E-state index contributed by atoms with van der Waals surface area (Å²) >= 11 is 0. The molecule has 2 aliphatic carbocycles. The summed E-state index contributed by atoms with van der Waals surface area (Å²) in [6.07, 6.45) is 11.8. The maximum absolute atomic E-state index is 9.71. The average Bonchev–Trinajstić information content (AvgIpc) is 3.58. The number of ether oxygens (including phenoxy) is 1. The third-order valence-corrected chi connectivity index (χ3v) is 7.91. The number of fused-ring (bicyclic) bond motifs is 1. The van der Waals surface area contributed by atoms with Gasteiger partial charge in [-0.25, -0.2) is 0 Å². The number of aryl methyl sites for hydroxylation is 2. The van der Waals surface area contributed by atoms with Crippen LogP contribution in [0.4, 0.5) is 0 Å². The fraction of sp³-hybridized carbons (Fsp3) is 0.750. The number of rotatable bonds is 8. The van der Waals surface area contributed by atoms with E-state index in [0.29, 0.717) is 0 Å². The minimum Gasteiger partial charge on any atom is -0.493 e. The monoisotopic (exact) mass is 543 g/mol. The van der Waals surface area contributed by atoms with Crippen molar-refractivity contribution in [3.8, 4) is 5.75 Å². The predicted octanol–water partition coefficient (Wildman–Crippen LogP) is 5.80. The van der Waals surface area contributed by atoms with Gasteiger partial charge in [-0.3, -0.25) is 0 Å². The molecule has 0 atom stereocenters. The van der Waals surface area contributed by atoms with Gasteiger partial charge >= 0.3 is 0 Å². The Morgan fingerprint density at radius 1 is 0.972 bits per heavy atom. The Morgan fingerprint density at radius 3 is 2.25 bits per heavy atom. The van der Waals surface area contributed by atoms with E-state index in [2.05, 4.69) is 34.4 Å². The molecule has 8 heteroatoms. The lowest BCUT2D eigenvalue weighted by atomic mass is 9.86. The average molecular weight is 545 g/mol. The number of aromatic nitrogens is 1. The molecule has 2 heterocycles. The zero-order valence-corrected chi connectivity index (χ0v) is 24.0. The van der Waals surface area contributed by atoms with Crippen molar-refractivity contribution in [1.82, 2.24) is 15.4 Å². The molecule has 6 nitrogen and oxygen atoms in total. The second kappa shape index (κ2) is 15.4. The van der Waals surface area contributed by atoms with Crippen LogP contribution in [0.25, 0.3) is 11.0 Å². The normalized spacial score (nSPS) is 22.8. The van der Waals surface area contributed by atoms with E-state index < -0.39 is 0 Å². The topological polar surface area (TPSA) is 70.8 Å². The number of piperidine rings is 1. The molecule has 0 spiro atoms. The Bertz CT molecular complexity index is 890. The van der Waals surface area contributed by atoms with Gasteiger partial charge < -0.3 is 24.6 Å². The minimum atomic E-state index is -0.0414. The highest BCUT2D eigenvalue weighted by Crippen LogP contribution is 2.34. The van der Waals surface area contributed by atoms with Gasteiger partial charge in [-0.05, 0) is 128 Å². The van der Waals surface area contributed by atoms with Crippen LogP contribution in [0.15, 0.2) is 16.7 Å². The largest absolute Gasteiger partial charge is 0.493 e. The molecule has 0 bridgehead atoms. The van der Waals surface area contributed by atoms with Crippen molar-refractivity contribution in [2.75, 3.05) is 40.3 Å². The van der Waals surface area contributed by atoms with Gasteiger partial charge in [0.15, 0.2) is 5.58 Å². The molecule has 1 saturated heterocycles.